The highest BCUT2D eigenvalue weighted by molar-refractivity contribution is 6.09. The summed E-state index contributed by atoms with van der Waals surface area (Å²) in [5.41, 5.74) is 10.2. The van der Waals surface area contributed by atoms with Gasteiger partial charge in [-0.15, -0.1) is 0 Å². The number of nitrogens with zero attached hydrogens (tertiary/aromatic N) is 1. The van der Waals surface area contributed by atoms with Crippen LogP contribution in [0.1, 0.15) is 0 Å². The highest BCUT2D eigenvalue weighted by atomic mass is 15.1. The molecular formula is C27H21N2+. The molecule has 0 radical (unpaired) electrons. The molecule has 0 amide bonds. The van der Waals surface area contributed by atoms with Gasteiger partial charge in [-0.3, -0.25) is 0 Å². The number of aryl methyl sites for hydroxylation is 1. The number of fused-ring (bicyclic) bond motifs is 6. The zero-order valence-electron chi connectivity index (χ0n) is 16.3. The van der Waals surface area contributed by atoms with Crippen LogP contribution < -0.4 is 4.90 Å². The van der Waals surface area contributed by atoms with Crippen LogP contribution in [0.25, 0.3) is 44.1 Å². The molecule has 1 aromatic heterocycles. The lowest BCUT2D eigenvalue weighted by molar-refractivity contribution is -0.692. The Morgan fingerprint density at radius 2 is 1.38 bits per heavy atom. The topological polar surface area (TPSA) is 9.37 Å². The van der Waals surface area contributed by atoms with E-state index >= 15 is 0 Å². The minimum absolute atomic E-state index is 1.23. The first-order valence-electron chi connectivity index (χ1n) is 9.97. The molecule has 2 heterocycles. The van der Waals surface area contributed by atoms with Crippen LogP contribution in [0.15, 0.2) is 97.7 Å². The van der Waals surface area contributed by atoms with Crippen LogP contribution in [0.2, 0.25) is 0 Å². The van der Waals surface area contributed by atoms with Crippen LogP contribution in [0, 0.1) is 0 Å². The molecule has 0 saturated heterocycles. The summed E-state index contributed by atoms with van der Waals surface area (Å²) >= 11 is 0. The maximum atomic E-state index is 4.08. The number of hydrogen-bond acceptors (Lipinski definition) is 0. The molecule has 0 saturated carbocycles. The average Bonchev–Trinajstić information content (AvgIpc) is 3.25. The van der Waals surface area contributed by atoms with Crippen molar-refractivity contribution >= 4 is 33.2 Å². The smallest absolute Gasteiger partial charge is 0.149 e. The Morgan fingerprint density at radius 3 is 2.28 bits per heavy atom. The molecule has 0 spiro atoms. The molecule has 4 aromatic carbocycles. The first kappa shape index (κ1) is 16.3. The third-order valence-corrected chi connectivity index (χ3v) is 6.27. The second-order valence-corrected chi connectivity index (χ2v) is 7.73. The molecule has 1 unspecified atom stereocenters. The molecule has 1 aliphatic rings. The van der Waals surface area contributed by atoms with Gasteiger partial charge in [0.05, 0.1) is 6.20 Å². The van der Waals surface area contributed by atoms with E-state index in [9.17, 15) is 0 Å². The molecular weight excluding hydrogens is 352 g/mol. The molecule has 29 heavy (non-hydrogen) atoms. The normalized spacial score (nSPS) is 14.9. The Kier molecular flexibility index (Phi) is 3.35. The molecule has 1 N–H and O–H groups in total. The third-order valence-electron chi connectivity index (χ3n) is 6.27. The van der Waals surface area contributed by atoms with Crippen molar-refractivity contribution in [2.24, 2.45) is 7.05 Å². The minimum atomic E-state index is 1.23. The summed E-state index contributed by atoms with van der Waals surface area (Å²) in [7, 11) is 2.14. The fraction of sp³-hybridized carbons (Fsp3) is 0.0370. The van der Waals surface area contributed by atoms with E-state index in [2.05, 4.69) is 103 Å². The van der Waals surface area contributed by atoms with Gasteiger partial charge < -0.3 is 4.57 Å². The van der Waals surface area contributed by atoms with E-state index < -0.39 is 0 Å². The average molecular weight is 373 g/mol. The highest BCUT2D eigenvalue weighted by Gasteiger charge is 2.30. The van der Waals surface area contributed by atoms with Gasteiger partial charge >= 0.3 is 0 Å². The second-order valence-electron chi connectivity index (χ2n) is 7.73. The Morgan fingerprint density at radius 1 is 0.690 bits per heavy atom. The number of para-hydroxylation sites is 2. The summed E-state index contributed by atoms with van der Waals surface area (Å²) in [6, 6.07) is 30.8. The summed E-state index contributed by atoms with van der Waals surface area (Å²) in [5.74, 6) is 0. The van der Waals surface area contributed by atoms with Crippen LogP contribution in [-0.4, -0.2) is 4.57 Å². The largest absolute Gasteiger partial charge is 0.344 e. The van der Waals surface area contributed by atoms with Crippen LogP contribution in [0.3, 0.4) is 0 Å². The molecule has 2 nitrogen and oxygen atoms in total. The van der Waals surface area contributed by atoms with E-state index in [1.54, 1.807) is 0 Å². The van der Waals surface area contributed by atoms with Crippen molar-refractivity contribution in [3.63, 3.8) is 0 Å². The summed E-state index contributed by atoms with van der Waals surface area (Å²) in [5, 5.41) is 2.61. The Hall–Kier alpha value is -3.62. The van der Waals surface area contributed by atoms with Crippen molar-refractivity contribution in [1.29, 1.82) is 0 Å². The number of quaternary nitrogens is 1. The first-order chi connectivity index (χ1) is 14.3. The van der Waals surface area contributed by atoms with Crippen molar-refractivity contribution in [3.8, 4) is 22.3 Å². The van der Waals surface area contributed by atoms with E-state index in [1.165, 1.54) is 60.3 Å². The standard InChI is InChI=1S/C27H20N2/c1-3-29-26-11-7-5-8-20(26)22-14-12-19(17-27(22)29)18-13-15-25-23(16-18)21-9-4-6-10-24(21)28(25)2/h3-17H,1H2,2H3/p+1. The van der Waals surface area contributed by atoms with E-state index in [0.29, 0.717) is 0 Å². The molecule has 2 heteroatoms. The molecule has 138 valence electrons. The summed E-state index contributed by atoms with van der Waals surface area (Å²) in [4.78, 5) is 1.23. The van der Waals surface area contributed by atoms with Gasteiger partial charge in [-0.05, 0) is 48.0 Å². The SMILES string of the molecule is C=C[NH+]1c2ccccc2-c2ccc(-c3ccc4c(c3)c3ccccc3n4C)cc21. The Balaban J connectivity index is 1.55. The Bertz CT molecular complexity index is 1440. The van der Waals surface area contributed by atoms with Crippen molar-refractivity contribution in [3.05, 3.63) is 97.7 Å². The fourth-order valence-corrected chi connectivity index (χ4v) is 4.85. The van der Waals surface area contributed by atoms with Crippen molar-refractivity contribution in [1.82, 2.24) is 4.57 Å². The molecule has 1 atom stereocenters. The first-order valence-corrected chi connectivity index (χ1v) is 9.97. The second kappa shape index (κ2) is 5.94. The molecule has 0 aliphatic carbocycles. The Labute approximate surface area is 169 Å². The maximum Gasteiger partial charge on any atom is 0.149 e. The molecule has 1 aliphatic heterocycles. The molecule has 0 fully saturated rings. The predicted octanol–water partition coefficient (Wildman–Crippen LogP) is 5.97. The lowest BCUT2D eigenvalue weighted by Crippen LogP contribution is -2.95. The number of aromatic nitrogens is 1. The quantitative estimate of drug-likeness (QED) is 0.390. The van der Waals surface area contributed by atoms with Gasteiger partial charge in [-0.2, -0.15) is 0 Å². The summed E-state index contributed by atoms with van der Waals surface area (Å²) in [6.45, 7) is 4.08. The van der Waals surface area contributed by atoms with Gasteiger partial charge in [-0.25, -0.2) is 4.90 Å². The lowest BCUT2D eigenvalue weighted by Gasteiger charge is -2.10. The number of rotatable bonds is 2. The van der Waals surface area contributed by atoms with E-state index in [4.69, 9.17) is 0 Å². The van der Waals surface area contributed by atoms with E-state index in [1.807, 2.05) is 6.20 Å². The lowest BCUT2D eigenvalue weighted by atomic mass is 9.99. The number of benzene rings is 4. The third kappa shape index (κ3) is 2.21. The van der Waals surface area contributed by atoms with Crippen LogP contribution in [-0.2, 0) is 7.05 Å². The number of nitrogens with one attached hydrogen (secondary N) is 1. The molecule has 5 aromatic rings. The predicted molar refractivity (Wildman–Crippen MR) is 122 cm³/mol. The van der Waals surface area contributed by atoms with Crippen molar-refractivity contribution in [2.75, 3.05) is 0 Å². The van der Waals surface area contributed by atoms with Crippen LogP contribution in [0.4, 0.5) is 11.4 Å². The zero-order chi connectivity index (χ0) is 19.5. The van der Waals surface area contributed by atoms with Crippen LogP contribution >= 0.6 is 0 Å². The van der Waals surface area contributed by atoms with E-state index in [-0.39, 0.29) is 0 Å². The van der Waals surface area contributed by atoms with Crippen molar-refractivity contribution in [2.45, 2.75) is 0 Å². The number of hydrogen-bond donors (Lipinski definition) is 1. The van der Waals surface area contributed by atoms with Gasteiger partial charge in [0, 0.05) is 52.1 Å². The van der Waals surface area contributed by atoms with Gasteiger partial charge in [0.25, 0.3) is 0 Å². The minimum Gasteiger partial charge on any atom is -0.344 e. The maximum absolute atomic E-state index is 4.08. The molecule has 0 bridgehead atoms. The highest BCUT2D eigenvalue weighted by Crippen LogP contribution is 2.40. The zero-order valence-corrected chi connectivity index (χ0v) is 16.3. The fourth-order valence-electron chi connectivity index (χ4n) is 4.85. The monoisotopic (exact) mass is 373 g/mol. The summed E-state index contributed by atoms with van der Waals surface area (Å²) in [6.07, 6.45) is 1.99. The van der Waals surface area contributed by atoms with Gasteiger partial charge in [-0.1, -0.05) is 42.5 Å². The van der Waals surface area contributed by atoms with Crippen molar-refractivity contribution < 1.29 is 4.90 Å². The van der Waals surface area contributed by atoms with Gasteiger partial charge in [0.2, 0.25) is 0 Å². The van der Waals surface area contributed by atoms with E-state index in [0.717, 1.165) is 0 Å². The van der Waals surface area contributed by atoms with Crippen LogP contribution in [0.5, 0.6) is 0 Å². The summed E-state index contributed by atoms with van der Waals surface area (Å²) < 4.78 is 2.28. The molecule has 6 rings (SSSR count). The van der Waals surface area contributed by atoms with Gasteiger partial charge in [0.15, 0.2) is 0 Å². The van der Waals surface area contributed by atoms with Gasteiger partial charge in [0.1, 0.15) is 11.4 Å².